The van der Waals surface area contributed by atoms with Gasteiger partial charge >= 0.3 is 0 Å². The lowest BCUT2D eigenvalue weighted by atomic mass is 10.0. The Bertz CT molecular complexity index is 517. The molecule has 1 unspecified atom stereocenters. The number of aryl methyl sites for hydroxylation is 2. The fourth-order valence-electron chi connectivity index (χ4n) is 1.94. The topological polar surface area (TPSA) is 58.3 Å². The summed E-state index contributed by atoms with van der Waals surface area (Å²) in [5, 5.41) is 16.5. The summed E-state index contributed by atoms with van der Waals surface area (Å²) >= 11 is 5.54. The monoisotopic (exact) mass is 280 g/mol. The third-order valence-electron chi connectivity index (χ3n) is 2.93. The first-order valence-corrected chi connectivity index (χ1v) is 6.66. The highest BCUT2D eigenvalue weighted by Crippen LogP contribution is 2.27. The minimum atomic E-state index is -0.538. The molecule has 5 heteroatoms. The largest absolute Gasteiger partial charge is 0.390 e. The van der Waals surface area contributed by atoms with E-state index in [0.717, 1.165) is 28.3 Å². The number of benzene rings is 1. The molecule has 0 saturated carbocycles. The maximum absolute atomic E-state index is 9.38. The van der Waals surface area contributed by atoms with Gasteiger partial charge in [-0.25, -0.2) is 0 Å². The third-order valence-corrected chi connectivity index (χ3v) is 3.28. The van der Waals surface area contributed by atoms with Crippen LogP contribution >= 0.6 is 11.6 Å². The Morgan fingerprint density at radius 2 is 2.00 bits per heavy atom. The molecule has 19 heavy (non-hydrogen) atoms. The molecule has 0 amide bonds. The van der Waals surface area contributed by atoms with Gasteiger partial charge in [0.2, 0.25) is 0 Å². The molecule has 1 heterocycles. The van der Waals surface area contributed by atoms with Crippen molar-refractivity contribution in [2.75, 3.05) is 17.7 Å². The summed E-state index contributed by atoms with van der Waals surface area (Å²) < 4.78 is 5.16. The van der Waals surface area contributed by atoms with Crippen LogP contribution in [0.1, 0.15) is 11.5 Å². The smallest absolute Gasteiger partial charge is 0.141 e. The van der Waals surface area contributed by atoms with E-state index < -0.39 is 6.10 Å². The maximum atomic E-state index is 9.38. The second-order valence-corrected chi connectivity index (χ2v) is 4.77. The van der Waals surface area contributed by atoms with Crippen molar-refractivity contribution in [3.8, 4) is 11.1 Å². The Kier molecular flexibility index (Phi) is 4.45. The number of rotatable bonds is 5. The lowest BCUT2D eigenvalue weighted by Gasteiger charge is -2.10. The van der Waals surface area contributed by atoms with Crippen LogP contribution in [-0.2, 0) is 0 Å². The molecule has 4 nitrogen and oxygen atoms in total. The predicted molar refractivity (Wildman–Crippen MR) is 76.6 cm³/mol. The summed E-state index contributed by atoms with van der Waals surface area (Å²) in [6, 6.07) is 7.92. The number of alkyl halides is 1. The van der Waals surface area contributed by atoms with Crippen molar-refractivity contribution >= 4 is 17.3 Å². The first-order valence-electron chi connectivity index (χ1n) is 6.13. The Morgan fingerprint density at radius 1 is 1.32 bits per heavy atom. The summed E-state index contributed by atoms with van der Waals surface area (Å²) in [6.45, 7) is 4.27. The molecule has 2 aromatic rings. The summed E-state index contributed by atoms with van der Waals surface area (Å²) in [5.41, 5.74) is 3.93. The van der Waals surface area contributed by atoms with E-state index in [1.54, 1.807) is 0 Å². The highest BCUT2D eigenvalue weighted by molar-refractivity contribution is 6.18. The standard InChI is InChI=1S/C14H17ClN2O2/c1-9-14(10(2)19-17-9)11-3-5-12(6-4-11)16-8-13(18)7-15/h3-6,13,16,18H,7-8H2,1-2H3. The number of aromatic nitrogens is 1. The van der Waals surface area contributed by atoms with Crippen LogP contribution in [0.15, 0.2) is 28.8 Å². The molecule has 2 rings (SSSR count). The number of nitrogens with zero attached hydrogens (tertiary/aromatic N) is 1. The van der Waals surface area contributed by atoms with Crippen LogP contribution in [0, 0.1) is 13.8 Å². The van der Waals surface area contributed by atoms with Gasteiger partial charge in [0, 0.05) is 17.8 Å². The minimum absolute atomic E-state index is 0.226. The van der Waals surface area contributed by atoms with E-state index in [2.05, 4.69) is 10.5 Å². The molecule has 0 saturated heterocycles. The molecule has 0 aliphatic carbocycles. The zero-order valence-electron chi connectivity index (χ0n) is 11.0. The number of anilines is 1. The van der Waals surface area contributed by atoms with Crippen molar-refractivity contribution < 1.29 is 9.63 Å². The fraction of sp³-hybridized carbons (Fsp3) is 0.357. The summed E-state index contributed by atoms with van der Waals surface area (Å²) in [4.78, 5) is 0. The van der Waals surface area contributed by atoms with Crippen molar-refractivity contribution in [2.24, 2.45) is 0 Å². The van der Waals surface area contributed by atoms with Crippen LogP contribution in [0.4, 0.5) is 5.69 Å². The van der Waals surface area contributed by atoms with E-state index >= 15 is 0 Å². The zero-order valence-corrected chi connectivity index (χ0v) is 11.7. The van der Waals surface area contributed by atoms with Gasteiger partial charge in [0.25, 0.3) is 0 Å². The van der Waals surface area contributed by atoms with Crippen molar-refractivity contribution in [1.29, 1.82) is 0 Å². The van der Waals surface area contributed by atoms with Gasteiger partial charge in [0.1, 0.15) is 5.76 Å². The summed E-state index contributed by atoms with van der Waals surface area (Å²) in [5.74, 6) is 1.04. The van der Waals surface area contributed by atoms with E-state index in [4.69, 9.17) is 16.1 Å². The van der Waals surface area contributed by atoms with Crippen molar-refractivity contribution in [3.05, 3.63) is 35.7 Å². The molecule has 2 N–H and O–H groups in total. The SMILES string of the molecule is Cc1noc(C)c1-c1ccc(NCC(O)CCl)cc1. The Hall–Kier alpha value is -1.52. The van der Waals surface area contributed by atoms with Crippen molar-refractivity contribution in [1.82, 2.24) is 5.16 Å². The molecule has 102 valence electrons. The van der Waals surface area contributed by atoms with Crippen LogP contribution in [-0.4, -0.2) is 28.8 Å². The van der Waals surface area contributed by atoms with Crippen LogP contribution < -0.4 is 5.32 Å². The van der Waals surface area contributed by atoms with Crippen LogP contribution in [0.3, 0.4) is 0 Å². The Morgan fingerprint density at radius 3 is 2.53 bits per heavy atom. The van der Waals surface area contributed by atoms with Gasteiger partial charge in [0.05, 0.1) is 17.7 Å². The quantitative estimate of drug-likeness (QED) is 0.827. The molecule has 1 aromatic carbocycles. The van der Waals surface area contributed by atoms with Gasteiger partial charge in [-0.3, -0.25) is 0 Å². The van der Waals surface area contributed by atoms with E-state index in [9.17, 15) is 5.11 Å². The number of halogens is 1. The average molecular weight is 281 g/mol. The normalized spacial score (nSPS) is 12.4. The van der Waals surface area contributed by atoms with Gasteiger partial charge in [-0.2, -0.15) is 0 Å². The number of hydrogen-bond donors (Lipinski definition) is 2. The average Bonchev–Trinajstić information content (AvgIpc) is 2.76. The lowest BCUT2D eigenvalue weighted by Crippen LogP contribution is -2.20. The highest BCUT2D eigenvalue weighted by Gasteiger charge is 2.11. The van der Waals surface area contributed by atoms with E-state index in [-0.39, 0.29) is 5.88 Å². The number of aliphatic hydroxyl groups is 1. The number of nitrogens with one attached hydrogen (secondary N) is 1. The number of aliphatic hydroxyl groups excluding tert-OH is 1. The molecule has 0 aliphatic heterocycles. The van der Waals surface area contributed by atoms with Crippen molar-refractivity contribution in [2.45, 2.75) is 20.0 Å². The first-order chi connectivity index (χ1) is 9.11. The lowest BCUT2D eigenvalue weighted by molar-refractivity contribution is 0.211. The highest BCUT2D eigenvalue weighted by atomic mass is 35.5. The van der Waals surface area contributed by atoms with Gasteiger partial charge in [0.15, 0.2) is 0 Å². The molecule has 1 aromatic heterocycles. The second kappa shape index (κ2) is 6.08. The van der Waals surface area contributed by atoms with Crippen molar-refractivity contribution in [3.63, 3.8) is 0 Å². The summed E-state index contributed by atoms with van der Waals surface area (Å²) in [7, 11) is 0. The first kappa shape index (κ1) is 13.9. The van der Waals surface area contributed by atoms with E-state index in [0.29, 0.717) is 6.54 Å². The molecule has 0 radical (unpaired) electrons. The number of hydrogen-bond acceptors (Lipinski definition) is 4. The molecule has 0 bridgehead atoms. The molecule has 0 spiro atoms. The van der Waals surface area contributed by atoms with Crippen LogP contribution in [0.2, 0.25) is 0 Å². The second-order valence-electron chi connectivity index (χ2n) is 4.47. The van der Waals surface area contributed by atoms with Crippen LogP contribution in [0.25, 0.3) is 11.1 Å². The van der Waals surface area contributed by atoms with Gasteiger partial charge in [-0.15, -0.1) is 11.6 Å². The molecule has 1 atom stereocenters. The minimum Gasteiger partial charge on any atom is -0.390 e. The van der Waals surface area contributed by atoms with E-state index in [1.165, 1.54) is 0 Å². The maximum Gasteiger partial charge on any atom is 0.141 e. The van der Waals surface area contributed by atoms with E-state index in [1.807, 2.05) is 38.1 Å². The fourth-order valence-corrected chi connectivity index (χ4v) is 2.05. The third kappa shape index (κ3) is 3.28. The Labute approximate surface area is 117 Å². The summed E-state index contributed by atoms with van der Waals surface area (Å²) in [6.07, 6.45) is -0.538. The Balaban J connectivity index is 2.11. The molecular weight excluding hydrogens is 264 g/mol. The van der Waals surface area contributed by atoms with Gasteiger partial charge in [-0.1, -0.05) is 17.3 Å². The van der Waals surface area contributed by atoms with Gasteiger partial charge in [-0.05, 0) is 31.5 Å². The van der Waals surface area contributed by atoms with Crippen LogP contribution in [0.5, 0.6) is 0 Å². The predicted octanol–water partition coefficient (Wildman–Crippen LogP) is 2.97. The molecular formula is C14H17ClN2O2. The zero-order chi connectivity index (χ0) is 13.8. The van der Waals surface area contributed by atoms with Gasteiger partial charge < -0.3 is 14.9 Å². The molecule has 0 aliphatic rings. The molecule has 0 fully saturated rings.